The van der Waals surface area contributed by atoms with Crippen molar-refractivity contribution in [1.82, 2.24) is 0 Å². The molecule has 0 aliphatic heterocycles. The van der Waals surface area contributed by atoms with Gasteiger partial charge < -0.3 is 41.4 Å². The van der Waals surface area contributed by atoms with E-state index in [9.17, 15) is 41.0 Å². The number of phenols is 2. The smallest absolute Gasteiger partial charge is 0.423 e. The van der Waals surface area contributed by atoms with Gasteiger partial charge in [0.2, 0.25) is 17.4 Å². The SMILES string of the molecule is Nc1ccc(Oc2c(F)c(F)c(C(F)(F)F)c(Oc3ccc(C(=O)O)cc3)c2F)cc1O.Nc1cccc(C(=O)O)c1O. The number of rotatable bonds is 6. The van der Waals surface area contributed by atoms with Gasteiger partial charge in [0.05, 0.1) is 16.9 Å². The number of para-hydroxylation sites is 1. The molecule has 43 heavy (non-hydrogen) atoms. The number of nitrogen functional groups attached to an aromatic ring is 2. The van der Waals surface area contributed by atoms with E-state index in [-0.39, 0.29) is 28.3 Å². The number of alkyl halides is 3. The van der Waals surface area contributed by atoms with Crippen LogP contribution in [0.3, 0.4) is 0 Å². The van der Waals surface area contributed by atoms with Crippen molar-refractivity contribution in [2.24, 2.45) is 0 Å². The number of benzene rings is 4. The minimum Gasteiger partial charge on any atom is -0.506 e. The fourth-order valence-electron chi connectivity index (χ4n) is 3.28. The van der Waals surface area contributed by atoms with E-state index in [1.54, 1.807) is 0 Å². The number of nitrogens with two attached hydrogens (primary N) is 2. The van der Waals surface area contributed by atoms with Crippen molar-refractivity contribution in [3.05, 3.63) is 94.8 Å². The van der Waals surface area contributed by atoms with E-state index in [1.165, 1.54) is 18.2 Å². The van der Waals surface area contributed by atoms with Crippen molar-refractivity contribution in [2.75, 3.05) is 11.5 Å². The van der Waals surface area contributed by atoms with E-state index in [0.29, 0.717) is 0 Å². The van der Waals surface area contributed by atoms with Gasteiger partial charge in [0, 0.05) is 6.07 Å². The zero-order valence-electron chi connectivity index (χ0n) is 21.1. The summed E-state index contributed by atoms with van der Waals surface area (Å²) in [6.07, 6.45) is -5.57. The molecule has 226 valence electrons. The number of carboxylic acids is 2. The van der Waals surface area contributed by atoms with Gasteiger partial charge in [0.25, 0.3) is 0 Å². The monoisotopic (exact) mass is 612 g/mol. The third-order valence-electron chi connectivity index (χ3n) is 5.36. The second-order valence-corrected chi connectivity index (χ2v) is 8.28. The molecule has 0 aliphatic rings. The number of carboxylic acid groups (broad SMARTS) is 2. The molecular weight excluding hydrogens is 594 g/mol. The quantitative estimate of drug-likeness (QED) is 0.0619. The van der Waals surface area contributed by atoms with Crippen LogP contribution in [0.1, 0.15) is 26.3 Å². The molecule has 0 amide bonds. The van der Waals surface area contributed by atoms with Crippen LogP contribution < -0.4 is 20.9 Å². The van der Waals surface area contributed by atoms with Crippen molar-refractivity contribution in [2.45, 2.75) is 6.18 Å². The van der Waals surface area contributed by atoms with Gasteiger partial charge in [-0.05, 0) is 48.5 Å². The van der Waals surface area contributed by atoms with E-state index in [1.807, 2.05) is 0 Å². The van der Waals surface area contributed by atoms with Gasteiger partial charge in [0.1, 0.15) is 28.4 Å². The van der Waals surface area contributed by atoms with Gasteiger partial charge in [-0.3, -0.25) is 0 Å². The highest BCUT2D eigenvalue weighted by atomic mass is 19.4. The lowest BCUT2D eigenvalue weighted by Crippen LogP contribution is -2.14. The largest absolute Gasteiger partial charge is 0.506 e. The third-order valence-corrected chi connectivity index (χ3v) is 5.36. The Labute approximate surface area is 236 Å². The normalized spacial score (nSPS) is 10.8. The Morgan fingerprint density at radius 1 is 0.698 bits per heavy atom. The van der Waals surface area contributed by atoms with Crippen molar-refractivity contribution in [1.29, 1.82) is 0 Å². The molecule has 0 bridgehead atoms. The summed E-state index contributed by atoms with van der Waals surface area (Å²) in [5, 5.41) is 35.9. The first kappa shape index (κ1) is 31.7. The molecule has 4 rings (SSSR count). The molecule has 4 aromatic rings. The lowest BCUT2D eigenvalue weighted by atomic mass is 10.1. The molecule has 8 N–H and O–H groups in total. The van der Waals surface area contributed by atoms with Crippen LogP contribution in [0.25, 0.3) is 0 Å². The highest BCUT2D eigenvalue weighted by Crippen LogP contribution is 2.47. The molecule has 16 heteroatoms. The Morgan fingerprint density at radius 2 is 1.28 bits per heavy atom. The summed E-state index contributed by atoms with van der Waals surface area (Å²) < 4.78 is 93.4. The van der Waals surface area contributed by atoms with Crippen LogP contribution in [-0.2, 0) is 6.18 Å². The highest BCUT2D eigenvalue weighted by Gasteiger charge is 2.43. The molecule has 0 saturated heterocycles. The lowest BCUT2D eigenvalue weighted by Gasteiger charge is -2.18. The van der Waals surface area contributed by atoms with Gasteiger partial charge in [0.15, 0.2) is 17.3 Å². The molecule has 0 saturated carbocycles. The van der Waals surface area contributed by atoms with Crippen LogP contribution in [0.2, 0.25) is 0 Å². The zero-order valence-corrected chi connectivity index (χ0v) is 21.1. The predicted octanol–water partition coefficient (Wildman–Crippen LogP) is 6.37. The molecule has 10 nitrogen and oxygen atoms in total. The number of ether oxygens (including phenoxy) is 2. The predicted molar refractivity (Wildman–Crippen MR) is 137 cm³/mol. The van der Waals surface area contributed by atoms with Crippen LogP contribution in [0.4, 0.5) is 37.7 Å². The number of anilines is 2. The number of halogens is 6. The van der Waals surface area contributed by atoms with Crippen LogP contribution >= 0.6 is 0 Å². The molecule has 0 unspecified atom stereocenters. The topological polar surface area (TPSA) is 186 Å². The van der Waals surface area contributed by atoms with E-state index < -0.39 is 69.9 Å². The molecule has 0 radical (unpaired) electrons. The minimum absolute atomic E-state index is 0.0740. The summed E-state index contributed by atoms with van der Waals surface area (Å²) in [4.78, 5) is 21.2. The van der Waals surface area contributed by atoms with Crippen LogP contribution in [0.5, 0.6) is 34.5 Å². The van der Waals surface area contributed by atoms with Crippen LogP contribution in [0.15, 0.2) is 60.7 Å². The highest BCUT2D eigenvalue weighted by molar-refractivity contribution is 5.92. The fraction of sp³-hybridized carbons (Fsp3) is 0.0370. The molecule has 0 atom stereocenters. The summed E-state index contributed by atoms with van der Waals surface area (Å²) in [5.41, 5.74) is 7.76. The van der Waals surface area contributed by atoms with Gasteiger partial charge in [-0.25, -0.2) is 14.0 Å². The summed E-state index contributed by atoms with van der Waals surface area (Å²) in [7, 11) is 0. The average Bonchev–Trinajstić information content (AvgIpc) is 2.93. The fourth-order valence-corrected chi connectivity index (χ4v) is 3.28. The molecule has 0 fully saturated rings. The molecular formula is C27H18F6N2O8. The zero-order chi connectivity index (χ0) is 32.2. The maximum atomic E-state index is 14.9. The summed E-state index contributed by atoms with van der Waals surface area (Å²) in [6.45, 7) is 0. The second kappa shape index (κ2) is 12.4. The first-order valence-electron chi connectivity index (χ1n) is 11.4. The Balaban J connectivity index is 0.000000386. The first-order valence-corrected chi connectivity index (χ1v) is 11.4. The Bertz CT molecular complexity index is 1700. The van der Waals surface area contributed by atoms with Crippen LogP contribution in [-0.4, -0.2) is 32.4 Å². The minimum atomic E-state index is -5.57. The number of hydrogen-bond acceptors (Lipinski definition) is 8. The second-order valence-electron chi connectivity index (χ2n) is 8.28. The number of phenolic OH excluding ortho intramolecular Hbond substituents is 1. The van der Waals surface area contributed by atoms with Crippen molar-refractivity contribution in [3.8, 4) is 34.5 Å². The standard InChI is InChI=1S/C20H11F6NO5.C7H7NO3/c21-14-13(20(24,25)26)17(31-9-3-1-8(2-4-9)19(29)30)16(23)18(15(14)22)32-10-5-6-11(27)12(28)7-10;8-5-3-1-2-4(6(5)9)7(10)11/h1-7,28H,27H2,(H,29,30);1-3,9H,8H2,(H,10,11). The van der Waals surface area contributed by atoms with Gasteiger partial charge in [-0.2, -0.15) is 22.0 Å². The van der Waals surface area contributed by atoms with Gasteiger partial charge in [-0.15, -0.1) is 0 Å². The summed E-state index contributed by atoms with van der Waals surface area (Å²) in [5.74, 6) is -14.6. The van der Waals surface area contributed by atoms with E-state index >= 15 is 0 Å². The van der Waals surface area contributed by atoms with Gasteiger partial charge in [-0.1, -0.05) is 6.07 Å². The van der Waals surface area contributed by atoms with E-state index in [2.05, 4.69) is 0 Å². The number of hydrogen-bond donors (Lipinski definition) is 6. The average molecular weight is 612 g/mol. The maximum absolute atomic E-state index is 14.9. The summed E-state index contributed by atoms with van der Waals surface area (Å²) in [6, 6.07) is 10.8. The Hall–Kier alpha value is -5.80. The number of carbonyl (C=O) groups is 2. The first-order chi connectivity index (χ1) is 20.0. The van der Waals surface area contributed by atoms with Crippen molar-refractivity contribution >= 4 is 23.3 Å². The van der Waals surface area contributed by atoms with Crippen LogP contribution in [0, 0.1) is 17.5 Å². The Morgan fingerprint density at radius 3 is 1.79 bits per heavy atom. The molecule has 0 heterocycles. The third kappa shape index (κ3) is 7.10. The van der Waals surface area contributed by atoms with Crippen molar-refractivity contribution in [3.63, 3.8) is 0 Å². The number of aromatic hydroxyl groups is 2. The van der Waals surface area contributed by atoms with E-state index in [4.69, 9.17) is 36.3 Å². The maximum Gasteiger partial charge on any atom is 0.423 e. The number of aromatic carboxylic acids is 2. The van der Waals surface area contributed by atoms with E-state index in [0.717, 1.165) is 42.5 Å². The molecule has 0 aromatic heterocycles. The molecule has 0 spiro atoms. The summed E-state index contributed by atoms with van der Waals surface area (Å²) >= 11 is 0. The molecule has 4 aromatic carbocycles. The van der Waals surface area contributed by atoms with Gasteiger partial charge >= 0.3 is 18.1 Å². The van der Waals surface area contributed by atoms with Crippen molar-refractivity contribution < 1.29 is 65.8 Å². The molecule has 0 aliphatic carbocycles. The lowest BCUT2D eigenvalue weighted by molar-refractivity contribution is -0.141. The Kier molecular flexibility index (Phi) is 9.13.